The topological polar surface area (TPSA) is 44.8 Å². The van der Waals surface area contributed by atoms with Crippen molar-refractivity contribution >= 4 is 5.97 Å². The minimum Gasteiger partial charge on any atom is -0.465 e. The van der Waals surface area contributed by atoms with Crippen molar-refractivity contribution < 1.29 is 19.0 Å². The molecule has 1 fully saturated rings. The lowest BCUT2D eigenvalue weighted by Gasteiger charge is -2.26. The van der Waals surface area contributed by atoms with Crippen LogP contribution in [0.4, 0.5) is 0 Å². The molecular formula is C17H32O4. The molecule has 2 unspecified atom stereocenters. The van der Waals surface area contributed by atoms with Crippen molar-refractivity contribution in [2.45, 2.75) is 66.6 Å². The predicted molar refractivity (Wildman–Crippen MR) is 82.9 cm³/mol. The van der Waals surface area contributed by atoms with Crippen LogP contribution in [0.3, 0.4) is 0 Å². The van der Waals surface area contributed by atoms with Gasteiger partial charge in [-0.05, 0) is 52.4 Å². The van der Waals surface area contributed by atoms with Crippen LogP contribution in [0.5, 0.6) is 0 Å². The van der Waals surface area contributed by atoms with Crippen LogP contribution in [-0.2, 0) is 19.0 Å². The molecule has 0 aromatic heterocycles. The summed E-state index contributed by atoms with van der Waals surface area (Å²) in [5, 5.41) is 0. The third kappa shape index (κ3) is 7.82. The zero-order chi connectivity index (χ0) is 15.9. The van der Waals surface area contributed by atoms with E-state index in [4.69, 9.17) is 14.2 Å². The number of rotatable bonds is 7. The van der Waals surface area contributed by atoms with Crippen LogP contribution >= 0.6 is 0 Å². The summed E-state index contributed by atoms with van der Waals surface area (Å²) in [4.78, 5) is 11.9. The fourth-order valence-corrected chi connectivity index (χ4v) is 2.35. The predicted octanol–water partition coefficient (Wildman–Crippen LogP) is 3.78. The molecule has 0 aromatic carbocycles. The quantitative estimate of drug-likeness (QED) is 0.671. The van der Waals surface area contributed by atoms with Crippen LogP contribution in [0.2, 0.25) is 0 Å². The minimum absolute atomic E-state index is 0.0771. The van der Waals surface area contributed by atoms with Gasteiger partial charge in [0.25, 0.3) is 0 Å². The van der Waals surface area contributed by atoms with E-state index in [1.54, 1.807) is 0 Å². The van der Waals surface area contributed by atoms with Crippen molar-refractivity contribution in [1.82, 2.24) is 0 Å². The molecule has 4 heteroatoms. The maximum absolute atomic E-state index is 11.9. The summed E-state index contributed by atoms with van der Waals surface area (Å²) < 4.78 is 16.9. The van der Waals surface area contributed by atoms with E-state index in [1.165, 1.54) is 6.42 Å². The van der Waals surface area contributed by atoms with Crippen LogP contribution in [0.15, 0.2) is 0 Å². The van der Waals surface area contributed by atoms with Gasteiger partial charge in [0.1, 0.15) is 0 Å². The highest BCUT2D eigenvalue weighted by atomic mass is 16.7. The largest absolute Gasteiger partial charge is 0.465 e. The van der Waals surface area contributed by atoms with Crippen LogP contribution in [0, 0.1) is 17.3 Å². The third-order valence-electron chi connectivity index (χ3n) is 3.52. The van der Waals surface area contributed by atoms with Crippen molar-refractivity contribution in [3.05, 3.63) is 0 Å². The number of hydrogen-bond donors (Lipinski definition) is 0. The van der Waals surface area contributed by atoms with Gasteiger partial charge in [-0.25, -0.2) is 0 Å². The molecule has 0 spiro atoms. The standard InChI is InChI=1S/C17H32O4/c1-13(2)10-14(12-21-16(18)17(3,4)5)11-20-15-8-6-7-9-19-15/h13-15H,6-12H2,1-5H3. The van der Waals surface area contributed by atoms with E-state index in [0.29, 0.717) is 19.1 Å². The molecule has 1 rings (SSSR count). The molecule has 0 radical (unpaired) electrons. The van der Waals surface area contributed by atoms with Gasteiger partial charge in [-0.3, -0.25) is 4.79 Å². The molecule has 2 atom stereocenters. The first-order valence-electron chi connectivity index (χ1n) is 8.19. The fraction of sp³-hybridized carbons (Fsp3) is 0.941. The summed E-state index contributed by atoms with van der Waals surface area (Å²) in [6.45, 7) is 11.8. The molecule has 4 nitrogen and oxygen atoms in total. The van der Waals surface area contributed by atoms with Gasteiger partial charge in [0.2, 0.25) is 0 Å². The van der Waals surface area contributed by atoms with E-state index in [1.807, 2.05) is 20.8 Å². The Morgan fingerprint density at radius 2 is 1.95 bits per heavy atom. The first kappa shape index (κ1) is 18.4. The lowest BCUT2D eigenvalue weighted by molar-refractivity contribution is -0.175. The number of carbonyl (C=O) groups excluding carboxylic acids is 1. The van der Waals surface area contributed by atoms with E-state index in [0.717, 1.165) is 25.9 Å². The van der Waals surface area contributed by atoms with Crippen LogP contribution in [-0.4, -0.2) is 32.1 Å². The highest BCUT2D eigenvalue weighted by Crippen LogP contribution is 2.20. The van der Waals surface area contributed by atoms with Gasteiger partial charge in [0.15, 0.2) is 6.29 Å². The summed E-state index contributed by atoms with van der Waals surface area (Å²) in [6, 6.07) is 0. The van der Waals surface area contributed by atoms with Gasteiger partial charge in [0.05, 0.1) is 18.6 Å². The normalized spacial score (nSPS) is 21.3. The molecule has 0 bridgehead atoms. The Morgan fingerprint density at radius 1 is 1.24 bits per heavy atom. The summed E-state index contributed by atoms with van der Waals surface area (Å²) >= 11 is 0. The average molecular weight is 300 g/mol. The Kier molecular flexibility index (Phi) is 7.67. The van der Waals surface area contributed by atoms with Crippen LogP contribution < -0.4 is 0 Å². The number of esters is 1. The highest BCUT2D eigenvalue weighted by Gasteiger charge is 2.25. The number of carbonyl (C=O) groups is 1. The highest BCUT2D eigenvalue weighted by molar-refractivity contribution is 5.75. The van der Waals surface area contributed by atoms with E-state index in [9.17, 15) is 4.79 Å². The first-order chi connectivity index (χ1) is 9.79. The lowest BCUT2D eigenvalue weighted by Crippen LogP contribution is -2.30. The molecule has 0 N–H and O–H groups in total. The van der Waals surface area contributed by atoms with Gasteiger partial charge in [-0.1, -0.05) is 13.8 Å². The third-order valence-corrected chi connectivity index (χ3v) is 3.52. The van der Waals surface area contributed by atoms with Crippen LogP contribution in [0.1, 0.15) is 60.3 Å². The Bertz CT molecular complexity index is 300. The molecule has 0 amide bonds. The summed E-state index contributed by atoms with van der Waals surface area (Å²) in [5.74, 6) is 0.645. The second-order valence-corrected chi connectivity index (χ2v) is 7.47. The molecular weight excluding hydrogens is 268 g/mol. The van der Waals surface area contributed by atoms with Crippen molar-refractivity contribution in [2.75, 3.05) is 19.8 Å². The molecule has 0 saturated carbocycles. The second-order valence-electron chi connectivity index (χ2n) is 7.47. The van der Waals surface area contributed by atoms with Crippen LogP contribution in [0.25, 0.3) is 0 Å². The molecule has 0 aromatic rings. The van der Waals surface area contributed by atoms with Gasteiger partial charge < -0.3 is 14.2 Å². The smallest absolute Gasteiger partial charge is 0.311 e. The monoisotopic (exact) mass is 300 g/mol. The maximum atomic E-state index is 11.9. The molecule has 1 saturated heterocycles. The Balaban J connectivity index is 2.37. The van der Waals surface area contributed by atoms with Crippen molar-refractivity contribution in [2.24, 2.45) is 17.3 Å². The van der Waals surface area contributed by atoms with Gasteiger partial charge in [0, 0.05) is 12.5 Å². The van der Waals surface area contributed by atoms with Crippen molar-refractivity contribution in [3.63, 3.8) is 0 Å². The zero-order valence-electron chi connectivity index (χ0n) is 14.3. The number of ether oxygens (including phenoxy) is 3. The van der Waals surface area contributed by atoms with E-state index < -0.39 is 5.41 Å². The van der Waals surface area contributed by atoms with E-state index in [2.05, 4.69) is 13.8 Å². The average Bonchev–Trinajstić information content (AvgIpc) is 2.41. The summed E-state index contributed by atoms with van der Waals surface area (Å²) in [7, 11) is 0. The first-order valence-corrected chi connectivity index (χ1v) is 8.19. The molecule has 21 heavy (non-hydrogen) atoms. The van der Waals surface area contributed by atoms with E-state index in [-0.39, 0.29) is 18.2 Å². The van der Waals surface area contributed by atoms with Gasteiger partial charge in [-0.2, -0.15) is 0 Å². The Labute approximate surface area is 129 Å². The van der Waals surface area contributed by atoms with Crippen molar-refractivity contribution in [3.8, 4) is 0 Å². The number of hydrogen-bond acceptors (Lipinski definition) is 4. The zero-order valence-corrected chi connectivity index (χ0v) is 14.3. The van der Waals surface area contributed by atoms with Gasteiger partial charge in [-0.15, -0.1) is 0 Å². The molecule has 1 aliphatic heterocycles. The molecule has 0 aliphatic carbocycles. The lowest BCUT2D eigenvalue weighted by atomic mass is 9.96. The summed E-state index contributed by atoms with van der Waals surface area (Å²) in [5.41, 5.74) is -0.449. The van der Waals surface area contributed by atoms with Crippen molar-refractivity contribution in [1.29, 1.82) is 0 Å². The molecule has 124 valence electrons. The summed E-state index contributed by atoms with van der Waals surface area (Å²) in [6.07, 6.45) is 4.17. The Morgan fingerprint density at radius 3 is 2.48 bits per heavy atom. The second kappa shape index (κ2) is 8.74. The van der Waals surface area contributed by atoms with E-state index >= 15 is 0 Å². The SMILES string of the molecule is CC(C)CC(COC(=O)C(C)(C)C)COC1CCCCO1. The van der Waals surface area contributed by atoms with Gasteiger partial charge >= 0.3 is 5.97 Å². The molecule has 1 aliphatic rings. The maximum Gasteiger partial charge on any atom is 0.311 e. The minimum atomic E-state index is -0.449. The molecule has 1 heterocycles. The fourth-order valence-electron chi connectivity index (χ4n) is 2.35. The Hall–Kier alpha value is -0.610.